The van der Waals surface area contributed by atoms with E-state index in [0.29, 0.717) is 0 Å². The number of hydrogen-bond donors (Lipinski definition) is 3. The first kappa shape index (κ1) is 24.3. The molecule has 8 nitrogen and oxygen atoms in total. The number of carboxylic acids is 1. The summed E-state index contributed by atoms with van der Waals surface area (Å²) in [5.74, 6) is -1.60. The van der Waals surface area contributed by atoms with E-state index in [1.54, 1.807) is 13.8 Å². The number of carbonyl (C=O) groups is 3. The molecule has 1 aliphatic rings. The summed E-state index contributed by atoms with van der Waals surface area (Å²) in [4.78, 5) is 35.6. The Balaban J connectivity index is 1.40. The Morgan fingerprint density at radius 2 is 1.55 bits per heavy atom. The van der Waals surface area contributed by atoms with E-state index < -0.39 is 23.5 Å². The van der Waals surface area contributed by atoms with Crippen molar-refractivity contribution in [3.63, 3.8) is 0 Å². The van der Waals surface area contributed by atoms with Crippen molar-refractivity contribution in [2.75, 3.05) is 26.4 Å². The number of hydrogen-bond acceptors (Lipinski definition) is 5. The Morgan fingerprint density at radius 3 is 2.09 bits per heavy atom. The first-order valence-corrected chi connectivity index (χ1v) is 11.1. The van der Waals surface area contributed by atoms with Gasteiger partial charge in [0.05, 0.1) is 6.61 Å². The van der Waals surface area contributed by atoms with Gasteiger partial charge in [-0.1, -0.05) is 62.4 Å². The molecule has 0 aliphatic heterocycles. The number of carboxylic acid groups (broad SMARTS) is 1. The lowest BCUT2D eigenvalue weighted by Gasteiger charge is -2.27. The number of rotatable bonds is 11. The minimum Gasteiger partial charge on any atom is -0.480 e. The van der Waals surface area contributed by atoms with Gasteiger partial charge in [0.2, 0.25) is 5.91 Å². The largest absolute Gasteiger partial charge is 0.480 e. The Bertz CT molecular complexity index is 956. The van der Waals surface area contributed by atoms with E-state index >= 15 is 0 Å². The molecule has 176 valence electrons. The monoisotopic (exact) mass is 454 g/mol. The number of nitrogens with one attached hydrogen (secondary N) is 2. The minimum absolute atomic E-state index is 0.0188. The Morgan fingerprint density at radius 1 is 0.970 bits per heavy atom. The fourth-order valence-electron chi connectivity index (χ4n) is 4.13. The molecular formula is C25H30N2O6. The third kappa shape index (κ3) is 5.51. The number of benzene rings is 2. The maximum Gasteiger partial charge on any atom is 0.407 e. The molecule has 1 aliphatic carbocycles. The lowest BCUT2D eigenvalue weighted by molar-refractivity contribution is -0.148. The second-order valence-electron chi connectivity index (χ2n) is 7.95. The van der Waals surface area contributed by atoms with E-state index in [4.69, 9.17) is 9.47 Å². The maximum atomic E-state index is 12.1. The van der Waals surface area contributed by atoms with Gasteiger partial charge in [-0.2, -0.15) is 0 Å². The third-order valence-electron chi connectivity index (χ3n) is 6.09. The second-order valence-corrected chi connectivity index (χ2v) is 7.95. The normalized spacial score (nSPS) is 12.5. The molecule has 0 fully saturated rings. The first-order chi connectivity index (χ1) is 15.9. The lowest BCUT2D eigenvalue weighted by Crippen LogP contribution is -2.54. The van der Waals surface area contributed by atoms with Gasteiger partial charge in [-0.25, -0.2) is 9.59 Å². The van der Waals surface area contributed by atoms with Gasteiger partial charge in [0.25, 0.3) is 0 Å². The molecule has 2 aromatic carbocycles. The van der Waals surface area contributed by atoms with Crippen LogP contribution in [0.25, 0.3) is 11.1 Å². The standard InChI is InChI=1S/C25H30N2O6/c1-3-25(4-2,23(29)30)27-22(28)16-32-14-13-26-24(31)33-15-21-19-11-7-5-9-17(19)18-10-6-8-12-20(18)21/h5-12,21H,3-4,13-16H2,1-2H3,(H,26,31)(H,27,28)(H,29,30). The van der Waals surface area contributed by atoms with Crippen LogP contribution in [-0.4, -0.2) is 55.0 Å². The predicted octanol–water partition coefficient (Wildman–Crippen LogP) is 3.30. The SMILES string of the molecule is CCC(CC)(NC(=O)COCCNC(=O)OCC1c2ccccc2-c2ccccc21)C(=O)O. The molecular weight excluding hydrogens is 424 g/mol. The molecule has 33 heavy (non-hydrogen) atoms. The van der Waals surface area contributed by atoms with Crippen molar-refractivity contribution in [3.8, 4) is 11.1 Å². The smallest absolute Gasteiger partial charge is 0.407 e. The zero-order valence-corrected chi connectivity index (χ0v) is 18.9. The summed E-state index contributed by atoms with van der Waals surface area (Å²) in [6.07, 6.45) is -0.0197. The van der Waals surface area contributed by atoms with Gasteiger partial charge in [0.15, 0.2) is 0 Å². The van der Waals surface area contributed by atoms with Gasteiger partial charge >= 0.3 is 12.1 Å². The molecule has 0 atom stereocenters. The summed E-state index contributed by atoms with van der Waals surface area (Å²) >= 11 is 0. The van der Waals surface area contributed by atoms with Gasteiger partial charge in [-0.15, -0.1) is 0 Å². The van der Waals surface area contributed by atoms with E-state index in [2.05, 4.69) is 34.9 Å². The van der Waals surface area contributed by atoms with Crippen molar-refractivity contribution >= 4 is 18.0 Å². The molecule has 0 spiro atoms. The quantitative estimate of drug-likeness (QED) is 0.449. The van der Waals surface area contributed by atoms with E-state index in [0.717, 1.165) is 22.3 Å². The van der Waals surface area contributed by atoms with E-state index in [1.807, 2.05) is 24.3 Å². The molecule has 0 radical (unpaired) electrons. The van der Waals surface area contributed by atoms with Gasteiger partial charge in [-0.3, -0.25) is 4.79 Å². The Kier molecular flexibility index (Phi) is 8.06. The van der Waals surface area contributed by atoms with Crippen molar-refractivity contribution in [2.45, 2.75) is 38.1 Å². The molecule has 8 heteroatoms. The highest BCUT2D eigenvalue weighted by molar-refractivity contribution is 5.87. The van der Waals surface area contributed by atoms with Crippen molar-refractivity contribution in [1.29, 1.82) is 0 Å². The van der Waals surface area contributed by atoms with E-state index in [9.17, 15) is 19.5 Å². The summed E-state index contributed by atoms with van der Waals surface area (Å²) in [6, 6.07) is 16.2. The number of ether oxygens (including phenoxy) is 2. The number of amides is 2. The van der Waals surface area contributed by atoms with Crippen LogP contribution in [-0.2, 0) is 19.1 Å². The zero-order valence-electron chi connectivity index (χ0n) is 18.9. The van der Waals surface area contributed by atoms with Crippen LogP contribution in [0.4, 0.5) is 4.79 Å². The molecule has 3 rings (SSSR count). The summed E-state index contributed by atoms with van der Waals surface area (Å²) in [5.41, 5.74) is 3.30. The molecule has 0 aromatic heterocycles. The van der Waals surface area contributed by atoms with Crippen molar-refractivity contribution in [3.05, 3.63) is 59.7 Å². The minimum atomic E-state index is -1.29. The topological polar surface area (TPSA) is 114 Å². The molecule has 2 aromatic rings. The van der Waals surface area contributed by atoms with Gasteiger partial charge in [0, 0.05) is 12.5 Å². The highest BCUT2D eigenvalue weighted by atomic mass is 16.5. The van der Waals surface area contributed by atoms with Gasteiger partial charge in [0.1, 0.15) is 18.8 Å². The molecule has 0 unspecified atom stereocenters. The average molecular weight is 455 g/mol. The van der Waals surface area contributed by atoms with E-state index in [1.165, 1.54) is 0 Å². The van der Waals surface area contributed by atoms with Crippen LogP contribution in [0.1, 0.15) is 43.7 Å². The number of aliphatic carboxylic acids is 1. The zero-order chi connectivity index (χ0) is 23.8. The van der Waals surface area contributed by atoms with Crippen LogP contribution in [0.2, 0.25) is 0 Å². The fraction of sp³-hybridized carbons (Fsp3) is 0.400. The summed E-state index contributed by atoms with van der Waals surface area (Å²) in [6.45, 7) is 3.59. The van der Waals surface area contributed by atoms with Gasteiger partial charge in [-0.05, 0) is 35.1 Å². The van der Waals surface area contributed by atoms with Crippen LogP contribution in [0.15, 0.2) is 48.5 Å². The van der Waals surface area contributed by atoms with Crippen LogP contribution >= 0.6 is 0 Å². The summed E-state index contributed by atoms with van der Waals surface area (Å²) in [7, 11) is 0. The molecule has 2 amide bonds. The van der Waals surface area contributed by atoms with Crippen LogP contribution in [0.5, 0.6) is 0 Å². The third-order valence-corrected chi connectivity index (χ3v) is 6.09. The van der Waals surface area contributed by atoms with Gasteiger partial charge < -0.3 is 25.2 Å². The lowest BCUT2D eigenvalue weighted by atomic mass is 9.93. The molecule has 0 saturated carbocycles. The second kappa shape index (κ2) is 11.0. The molecule has 3 N–H and O–H groups in total. The van der Waals surface area contributed by atoms with Crippen molar-refractivity contribution in [1.82, 2.24) is 10.6 Å². The van der Waals surface area contributed by atoms with Crippen molar-refractivity contribution in [2.24, 2.45) is 0 Å². The highest BCUT2D eigenvalue weighted by Crippen LogP contribution is 2.44. The van der Waals surface area contributed by atoms with Crippen LogP contribution < -0.4 is 10.6 Å². The average Bonchev–Trinajstić information content (AvgIpc) is 3.14. The fourth-order valence-corrected chi connectivity index (χ4v) is 4.13. The first-order valence-electron chi connectivity index (χ1n) is 11.1. The van der Waals surface area contributed by atoms with Crippen LogP contribution in [0.3, 0.4) is 0 Å². The van der Waals surface area contributed by atoms with Crippen molar-refractivity contribution < 1.29 is 29.0 Å². The number of fused-ring (bicyclic) bond motifs is 3. The molecule has 0 saturated heterocycles. The summed E-state index contributed by atoms with van der Waals surface area (Å²) < 4.78 is 10.7. The molecule has 0 bridgehead atoms. The molecule has 0 heterocycles. The summed E-state index contributed by atoms with van der Waals surface area (Å²) in [5, 5.41) is 14.5. The number of alkyl carbamates (subject to hydrolysis) is 1. The number of carbonyl (C=O) groups excluding carboxylic acids is 2. The predicted molar refractivity (Wildman–Crippen MR) is 123 cm³/mol. The Labute approximate surface area is 193 Å². The van der Waals surface area contributed by atoms with Crippen LogP contribution in [0, 0.1) is 0 Å². The van der Waals surface area contributed by atoms with E-state index in [-0.39, 0.29) is 45.1 Å². The maximum absolute atomic E-state index is 12.1. The Hall–Kier alpha value is -3.39. The highest BCUT2D eigenvalue weighted by Gasteiger charge is 2.36.